The molecule has 2 aromatic rings. The molecule has 5 nitrogen and oxygen atoms in total. The lowest BCUT2D eigenvalue weighted by Gasteiger charge is -2.39. The van der Waals surface area contributed by atoms with Crippen LogP contribution in [0.15, 0.2) is 54.6 Å². The fourth-order valence-corrected chi connectivity index (χ4v) is 4.31. The second-order valence-electron chi connectivity index (χ2n) is 7.94. The number of hydrogen-bond donors (Lipinski definition) is 2. The predicted octanol–water partition coefficient (Wildman–Crippen LogP) is 3.34. The molecule has 2 heterocycles. The second-order valence-corrected chi connectivity index (χ2v) is 7.94. The highest BCUT2D eigenvalue weighted by Crippen LogP contribution is 2.39. The first kappa shape index (κ1) is 19.0. The number of carbonyl (C=O) groups is 1. The highest BCUT2D eigenvalue weighted by Gasteiger charge is 2.42. The van der Waals surface area contributed by atoms with E-state index in [1.54, 1.807) is 6.07 Å². The van der Waals surface area contributed by atoms with Crippen molar-refractivity contribution < 1.29 is 14.6 Å². The van der Waals surface area contributed by atoms with E-state index in [1.807, 2.05) is 48.5 Å². The Morgan fingerprint density at radius 1 is 1.07 bits per heavy atom. The zero-order chi connectivity index (χ0) is 19.4. The van der Waals surface area contributed by atoms with Crippen LogP contribution in [-0.2, 0) is 11.3 Å². The Labute approximate surface area is 166 Å². The Morgan fingerprint density at radius 2 is 1.79 bits per heavy atom. The van der Waals surface area contributed by atoms with Gasteiger partial charge >= 0.3 is 0 Å². The van der Waals surface area contributed by atoms with Gasteiger partial charge in [0, 0.05) is 37.3 Å². The van der Waals surface area contributed by atoms with Crippen LogP contribution in [0.25, 0.3) is 0 Å². The van der Waals surface area contributed by atoms with Crippen molar-refractivity contribution >= 4 is 5.91 Å². The van der Waals surface area contributed by atoms with Gasteiger partial charge in [0.1, 0.15) is 5.75 Å². The van der Waals surface area contributed by atoms with E-state index >= 15 is 0 Å². The molecule has 2 aliphatic rings. The third-order valence-corrected chi connectivity index (χ3v) is 6.02. The SMILES string of the molecule is O=C(NC[C@@H]1CCC2(CCN(Cc3ccccc3O)CC2)O1)c1ccccc1. The van der Waals surface area contributed by atoms with Gasteiger partial charge in [-0.1, -0.05) is 36.4 Å². The zero-order valence-corrected chi connectivity index (χ0v) is 16.1. The third-order valence-electron chi connectivity index (χ3n) is 6.02. The molecule has 2 aliphatic heterocycles. The number of nitrogens with one attached hydrogen (secondary N) is 1. The number of carbonyl (C=O) groups excluding carboxylic acids is 1. The standard InChI is InChI=1S/C23H28N2O3/c26-21-9-5-4-8-19(21)17-25-14-12-23(13-15-25)11-10-20(28-23)16-24-22(27)18-6-2-1-3-7-18/h1-9,20,26H,10-17H2,(H,24,27)/t20-/m0/s1. The molecule has 1 spiro atoms. The quantitative estimate of drug-likeness (QED) is 0.835. The van der Waals surface area contributed by atoms with Crippen LogP contribution in [0.5, 0.6) is 5.75 Å². The summed E-state index contributed by atoms with van der Waals surface area (Å²) in [5.74, 6) is 0.330. The van der Waals surface area contributed by atoms with Crippen LogP contribution in [0, 0.1) is 0 Å². The minimum Gasteiger partial charge on any atom is -0.508 e. The number of phenolic OH excluding ortho intramolecular Hbond substituents is 1. The van der Waals surface area contributed by atoms with E-state index in [-0.39, 0.29) is 17.6 Å². The van der Waals surface area contributed by atoms with Crippen LogP contribution >= 0.6 is 0 Å². The second kappa shape index (κ2) is 8.33. The van der Waals surface area contributed by atoms with Crippen molar-refractivity contribution in [2.24, 2.45) is 0 Å². The lowest BCUT2D eigenvalue weighted by atomic mass is 9.88. The molecule has 2 aromatic carbocycles. The van der Waals surface area contributed by atoms with Crippen molar-refractivity contribution in [2.45, 2.75) is 43.9 Å². The van der Waals surface area contributed by atoms with Crippen molar-refractivity contribution in [3.05, 3.63) is 65.7 Å². The van der Waals surface area contributed by atoms with Crippen LogP contribution in [0.3, 0.4) is 0 Å². The summed E-state index contributed by atoms with van der Waals surface area (Å²) in [6, 6.07) is 16.9. The van der Waals surface area contributed by atoms with Gasteiger partial charge in [-0.15, -0.1) is 0 Å². The highest BCUT2D eigenvalue weighted by molar-refractivity contribution is 5.94. The summed E-state index contributed by atoms with van der Waals surface area (Å²) in [5.41, 5.74) is 1.62. The normalized spacial score (nSPS) is 21.6. The van der Waals surface area contributed by atoms with Crippen LogP contribution in [0.4, 0.5) is 0 Å². The molecular formula is C23H28N2O3. The van der Waals surface area contributed by atoms with Crippen molar-refractivity contribution in [2.75, 3.05) is 19.6 Å². The third kappa shape index (κ3) is 4.37. The van der Waals surface area contributed by atoms with E-state index in [9.17, 15) is 9.90 Å². The van der Waals surface area contributed by atoms with E-state index in [0.29, 0.717) is 17.9 Å². The van der Waals surface area contributed by atoms with Gasteiger partial charge in [0.2, 0.25) is 0 Å². The number of benzene rings is 2. The monoisotopic (exact) mass is 380 g/mol. The van der Waals surface area contributed by atoms with Gasteiger partial charge in [-0.25, -0.2) is 0 Å². The lowest BCUT2D eigenvalue weighted by molar-refractivity contribution is -0.0765. The predicted molar refractivity (Wildman–Crippen MR) is 108 cm³/mol. The van der Waals surface area contributed by atoms with Gasteiger partial charge in [0.15, 0.2) is 0 Å². The van der Waals surface area contributed by atoms with Crippen LogP contribution in [0.1, 0.15) is 41.6 Å². The maximum atomic E-state index is 12.2. The van der Waals surface area contributed by atoms with E-state index in [1.165, 1.54) is 0 Å². The molecular weight excluding hydrogens is 352 g/mol. The zero-order valence-electron chi connectivity index (χ0n) is 16.1. The molecule has 0 bridgehead atoms. The number of rotatable bonds is 5. The topological polar surface area (TPSA) is 61.8 Å². The molecule has 0 aromatic heterocycles. The van der Waals surface area contributed by atoms with Gasteiger partial charge < -0.3 is 15.2 Å². The molecule has 0 saturated carbocycles. The molecule has 0 radical (unpaired) electrons. The maximum Gasteiger partial charge on any atom is 0.251 e. The number of phenols is 1. The average Bonchev–Trinajstić information content (AvgIpc) is 3.13. The number of amides is 1. The van der Waals surface area contributed by atoms with Gasteiger partial charge in [-0.05, 0) is 43.9 Å². The summed E-state index contributed by atoms with van der Waals surface area (Å²) in [6.45, 7) is 3.28. The van der Waals surface area contributed by atoms with Gasteiger partial charge in [0.05, 0.1) is 11.7 Å². The molecule has 2 fully saturated rings. The first-order valence-corrected chi connectivity index (χ1v) is 10.1. The van der Waals surface area contributed by atoms with Crippen molar-refractivity contribution in [3.8, 4) is 5.75 Å². The average molecular weight is 380 g/mol. The summed E-state index contributed by atoms with van der Waals surface area (Å²) in [5, 5.41) is 13.0. The molecule has 1 amide bonds. The molecule has 28 heavy (non-hydrogen) atoms. The van der Waals surface area contributed by atoms with E-state index < -0.39 is 0 Å². The first-order valence-electron chi connectivity index (χ1n) is 10.1. The first-order chi connectivity index (χ1) is 13.6. The van der Waals surface area contributed by atoms with E-state index in [2.05, 4.69) is 10.2 Å². The van der Waals surface area contributed by atoms with E-state index in [0.717, 1.165) is 50.9 Å². The van der Waals surface area contributed by atoms with Gasteiger partial charge in [-0.2, -0.15) is 0 Å². The fourth-order valence-electron chi connectivity index (χ4n) is 4.31. The molecule has 1 atom stereocenters. The molecule has 0 aliphatic carbocycles. The summed E-state index contributed by atoms with van der Waals surface area (Å²) in [4.78, 5) is 14.6. The smallest absolute Gasteiger partial charge is 0.251 e. The Bertz CT molecular complexity index is 801. The maximum absolute atomic E-state index is 12.2. The Morgan fingerprint density at radius 3 is 2.54 bits per heavy atom. The Balaban J connectivity index is 1.24. The number of hydrogen-bond acceptors (Lipinski definition) is 4. The van der Waals surface area contributed by atoms with Crippen LogP contribution in [0.2, 0.25) is 0 Å². The van der Waals surface area contributed by atoms with Crippen molar-refractivity contribution in [1.29, 1.82) is 0 Å². The molecule has 4 rings (SSSR count). The Kier molecular flexibility index (Phi) is 5.64. The summed E-state index contributed by atoms with van der Waals surface area (Å²) in [6.07, 6.45) is 4.16. The van der Waals surface area contributed by atoms with Crippen LogP contribution < -0.4 is 5.32 Å². The summed E-state index contributed by atoms with van der Waals surface area (Å²) in [7, 11) is 0. The van der Waals surface area contributed by atoms with Gasteiger partial charge in [0.25, 0.3) is 5.91 Å². The number of aromatic hydroxyl groups is 1. The van der Waals surface area contributed by atoms with Crippen LogP contribution in [-0.4, -0.2) is 47.3 Å². The van der Waals surface area contributed by atoms with E-state index in [4.69, 9.17) is 4.74 Å². The number of para-hydroxylation sites is 1. The van der Waals surface area contributed by atoms with Crippen molar-refractivity contribution in [3.63, 3.8) is 0 Å². The number of likely N-dealkylation sites (tertiary alicyclic amines) is 1. The lowest BCUT2D eigenvalue weighted by Crippen LogP contribution is -2.44. The molecule has 5 heteroatoms. The molecule has 2 saturated heterocycles. The van der Waals surface area contributed by atoms with Crippen molar-refractivity contribution in [1.82, 2.24) is 10.2 Å². The minimum atomic E-state index is -0.0443. The number of ether oxygens (including phenoxy) is 1. The molecule has 0 unspecified atom stereocenters. The van der Waals surface area contributed by atoms with Gasteiger partial charge in [-0.3, -0.25) is 9.69 Å². The Hall–Kier alpha value is -2.37. The molecule has 2 N–H and O–H groups in total. The molecule has 148 valence electrons. The summed E-state index contributed by atoms with van der Waals surface area (Å²) >= 11 is 0. The number of nitrogens with zero attached hydrogens (tertiary/aromatic N) is 1. The fraction of sp³-hybridized carbons (Fsp3) is 0.435. The number of piperidine rings is 1. The minimum absolute atomic E-state index is 0.0392. The largest absolute Gasteiger partial charge is 0.508 e. The summed E-state index contributed by atoms with van der Waals surface area (Å²) < 4.78 is 6.41. The highest BCUT2D eigenvalue weighted by atomic mass is 16.5.